The molecule has 0 aliphatic carbocycles. The lowest BCUT2D eigenvalue weighted by atomic mass is 10.0. The molecule has 0 fully saturated rings. The van der Waals surface area contributed by atoms with E-state index in [0.29, 0.717) is 0 Å². The number of hydrogen-bond donors (Lipinski definition) is 0. The lowest BCUT2D eigenvalue weighted by molar-refractivity contribution is 0.615. The Morgan fingerprint density at radius 2 is 1.88 bits per heavy atom. The monoisotopic (exact) mass is 216 g/mol. The van der Waals surface area contributed by atoms with Gasteiger partial charge in [-0.15, -0.1) is 0 Å². The maximum atomic E-state index is 5.33. The second-order valence-corrected chi connectivity index (χ2v) is 4.46. The Bertz CT molecular complexity index is 428. The standard InChI is InChI=1S/C15H20O/c1-2-3-4-5-6-7-13-8-9-15-14(12-13)10-11-16-15/h8-12H,2-7H2,1H3. The van der Waals surface area contributed by atoms with E-state index >= 15 is 0 Å². The zero-order valence-corrected chi connectivity index (χ0v) is 10.0. The summed E-state index contributed by atoms with van der Waals surface area (Å²) in [6.45, 7) is 2.26. The van der Waals surface area contributed by atoms with E-state index in [1.165, 1.54) is 49.5 Å². The van der Waals surface area contributed by atoms with Gasteiger partial charge in [-0.2, -0.15) is 0 Å². The van der Waals surface area contributed by atoms with Crippen molar-refractivity contribution in [1.29, 1.82) is 0 Å². The first-order valence-corrected chi connectivity index (χ1v) is 6.36. The Morgan fingerprint density at radius 3 is 2.75 bits per heavy atom. The van der Waals surface area contributed by atoms with Crippen LogP contribution in [-0.4, -0.2) is 0 Å². The van der Waals surface area contributed by atoms with Crippen molar-refractivity contribution in [3.05, 3.63) is 36.1 Å². The van der Waals surface area contributed by atoms with Gasteiger partial charge in [0.15, 0.2) is 0 Å². The van der Waals surface area contributed by atoms with Gasteiger partial charge in [-0.05, 0) is 36.6 Å². The topological polar surface area (TPSA) is 13.1 Å². The molecule has 0 saturated carbocycles. The molecule has 2 rings (SSSR count). The molecule has 16 heavy (non-hydrogen) atoms. The molecule has 1 heteroatoms. The molecule has 0 unspecified atom stereocenters. The molecular formula is C15H20O. The summed E-state index contributed by atoms with van der Waals surface area (Å²) in [4.78, 5) is 0. The van der Waals surface area contributed by atoms with Gasteiger partial charge in [0.25, 0.3) is 0 Å². The molecular weight excluding hydrogens is 196 g/mol. The molecule has 86 valence electrons. The minimum Gasteiger partial charge on any atom is -0.464 e. The van der Waals surface area contributed by atoms with Crippen molar-refractivity contribution in [3.8, 4) is 0 Å². The molecule has 2 aromatic rings. The van der Waals surface area contributed by atoms with Crippen LogP contribution < -0.4 is 0 Å². The summed E-state index contributed by atoms with van der Waals surface area (Å²) in [6, 6.07) is 8.55. The number of hydrogen-bond acceptors (Lipinski definition) is 1. The van der Waals surface area contributed by atoms with Crippen LogP contribution in [0.3, 0.4) is 0 Å². The summed E-state index contributed by atoms with van der Waals surface area (Å²) >= 11 is 0. The largest absolute Gasteiger partial charge is 0.464 e. The zero-order valence-electron chi connectivity index (χ0n) is 10.0. The van der Waals surface area contributed by atoms with Crippen LogP contribution in [0.1, 0.15) is 44.6 Å². The van der Waals surface area contributed by atoms with Crippen LogP contribution in [0.5, 0.6) is 0 Å². The summed E-state index contributed by atoms with van der Waals surface area (Å²) in [5.74, 6) is 0. The van der Waals surface area contributed by atoms with Crippen LogP contribution >= 0.6 is 0 Å². The van der Waals surface area contributed by atoms with E-state index in [4.69, 9.17) is 4.42 Å². The molecule has 0 amide bonds. The minimum absolute atomic E-state index is 0.995. The minimum atomic E-state index is 0.995. The Morgan fingerprint density at radius 1 is 1.00 bits per heavy atom. The van der Waals surface area contributed by atoms with Gasteiger partial charge < -0.3 is 4.42 Å². The second kappa shape index (κ2) is 5.74. The van der Waals surface area contributed by atoms with Gasteiger partial charge in [-0.3, -0.25) is 0 Å². The van der Waals surface area contributed by atoms with E-state index < -0.39 is 0 Å². The summed E-state index contributed by atoms with van der Waals surface area (Å²) in [5, 5.41) is 1.23. The predicted molar refractivity (Wildman–Crippen MR) is 68.7 cm³/mol. The van der Waals surface area contributed by atoms with Gasteiger partial charge >= 0.3 is 0 Å². The SMILES string of the molecule is CCCCCCCc1ccc2occc2c1. The van der Waals surface area contributed by atoms with E-state index in [0.717, 1.165) is 5.58 Å². The van der Waals surface area contributed by atoms with Crippen molar-refractivity contribution >= 4 is 11.0 Å². The number of rotatable bonds is 6. The zero-order chi connectivity index (χ0) is 11.2. The Kier molecular flexibility index (Phi) is 4.03. The van der Waals surface area contributed by atoms with Crippen molar-refractivity contribution in [1.82, 2.24) is 0 Å². The maximum absolute atomic E-state index is 5.33. The van der Waals surface area contributed by atoms with Crippen LogP contribution in [0, 0.1) is 0 Å². The van der Waals surface area contributed by atoms with Gasteiger partial charge in [0.2, 0.25) is 0 Å². The van der Waals surface area contributed by atoms with Crippen LogP contribution in [0.15, 0.2) is 34.9 Å². The Balaban J connectivity index is 1.84. The van der Waals surface area contributed by atoms with E-state index in [9.17, 15) is 0 Å². The third-order valence-electron chi connectivity index (χ3n) is 3.09. The first-order chi connectivity index (χ1) is 7.90. The van der Waals surface area contributed by atoms with E-state index in [1.807, 2.05) is 6.07 Å². The van der Waals surface area contributed by atoms with Crippen molar-refractivity contribution in [2.24, 2.45) is 0 Å². The van der Waals surface area contributed by atoms with Crippen LogP contribution in [-0.2, 0) is 6.42 Å². The third-order valence-corrected chi connectivity index (χ3v) is 3.09. The van der Waals surface area contributed by atoms with Crippen molar-refractivity contribution in [2.75, 3.05) is 0 Å². The molecule has 0 saturated heterocycles. The van der Waals surface area contributed by atoms with Crippen LogP contribution in [0.4, 0.5) is 0 Å². The molecule has 1 nitrogen and oxygen atoms in total. The summed E-state index contributed by atoms with van der Waals surface area (Å²) in [5.41, 5.74) is 2.43. The normalized spacial score (nSPS) is 11.1. The number of fused-ring (bicyclic) bond motifs is 1. The fourth-order valence-electron chi connectivity index (χ4n) is 2.10. The molecule has 0 spiro atoms. The summed E-state index contributed by atoms with van der Waals surface area (Å²) in [7, 11) is 0. The fourth-order valence-corrected chi connectivity index (χ4v) is 2.10. The van der Waals surface area contributed by atoms with Gasteiger partial charge in [0, 0.05) is 5.39 Å². The van der Waals surface area contributed by atoms with Crippen molar-refractivity contribution < 1.29 is 4.42 Å². The summed E-state index contributed by atoms with van der Waals surface area (Å²) < 4.78 is 5.33. The highest BCUT2D eigenvalue weighted by molar-refractivity contribution is 5.77. The molecule has 0 aliphatic heterocycles. The molecule has 0 aliphatic rings. The molecule has 0 atom stereocenters. The number of aryl methyl sites for hydroxylation is 1. The van der Waals surface area contributed by atoms with Crippen LogP contribution in [0.2, 0.25) is 0 Å². The number of unbranched alkanes of at least 4 members (excludes halogenated alkanes) is 4. The summed E-state index contributed by atoms with van der Waals surface area (Å²) in [6.07, 6.45) is 9.70. The molecule has 0 N–H and O–H groups in total. The van der Waals surface area contributed by atoms with Crippen LogP contribution in [0.25, 0.3) is 11.0 Å². The smallest absolute Gasteiger partial charge is 0.133 e. The Hall–Kier alpha value is -1.24. The quantitative estimate of drug-likeness (QED) is 0.623. The van der Waals surface area contributed by atoms with Gasteiger partial charge in [-0.1, -0.05) is 38.7 Å². The average Bonchev–Trinajstić information content (AvgIpc) is 2.76. The van der Waals surface area contributed by atoms with E-state index in [2.05, 4.69) is 25.1 Å². The first kappa shape index (κ1) is 11.3. The highest BCUT2D eigenvalue weighted by Crippen LogP contribution is 2.18. The second-order valence-electron chi connectivity index (χ2n) is 4.46. The van der Waals surface area contributed by atoms with Gasteiger partial charge in [0.05, 0.1) is 6.26 Å². The lowest BCUT2D eigenvalue weighted by Crippen LogP contribution is -1.85. The predicted octanol–water partition coefficient (Wildman–Crippen LogP) is 4.95. The van der Waals surface area contributed by atoms with E-state index in [1.54, 1.807) is 6.26 Å². The number of benzene rings is 1. The molecule has 0 radical (unpaired) electrons. The first-order valence-electron chi connectivity index (χ1n) is 6.36. The highest BCUT2D eigenvalue weighted by atomic mass is 16.3. The Labute approximate surface area is 97.5 Å². The van der Waals surface area contributed by atoms with Gasteiger partial charge in [0.1, 0.15) is 5.58 Å². The maximum Gasteiger partial charge on any atom is 0.133 e. The van der Waals surface area contributed by atoms with Gasteiger partial charge in [-0.25, -0.2) is 0 Å². The fraction of sp³-hybridized carbons (Fsp3) is 0.467. The molecule has 1 heterocycles. The average molecular weight is 216 g/mol. The van der Waals surface area contributed by atoms with E-state index in [-0.39, 0.29) is 0 Å². The molecule has 1 aromatic carbocycles. The van der Waals surface area contributed by atoms with Crippen molar-refractivity contribution in [2.45, 2.75) is 45.4 Å². The highest BCUT2D eigenvalue weighted by Gasteiger charge is 1.98. The molecule has 0 bridgehead atoms. The lowest BCUT2D eigenvalue weighted by Gasteiger charge is -2.01. The van der Waals surface area contributed by atoms with Crippen molar-refractivity contribution in [3.63, 3.8) is 0 Å². The third kappa shape index (κ3) is 2.88. The molecule has 1 aromatic heterocycles. The number of furan rings is 1.